The molecule has 0 radical (unpaired) electrons. The summed E-state index contributed by atoms with van der Waals surface area (Å²) in [6.07, 6.45) is 8.95. The van der Waals surface area contributed by atoms with Gasteiger partial charge in [0.2, 0.25) is 0 Å². The second-order valence-corrected chi connectivity index (χ2v) is 8.75. The zero-order valence-electron chi connectivity index (χ0n) is 20.7. The van der Waals surface area contributed by atoms with E-state index in [1.807, 2.05) is 25.1 Å². The highest BCUT2D eigenvalue weighted by Gasteiger charge is 2.17. The lowest BCUT2D eigenvalue weighted by atomic mass is 10.0. The summed E-state index contributed by atoms with van der Waals surface area (Å²) in [7, 11) is 0. The highest BCUT2D eigenvalue weighted by Crippen LogP contribution is 2.24. The Balaban J connectivity index is 1.98. The Labute approximate surface area is 197 Å². The Morgan fingerprint density at radius 2 is 2.18 bits per heavy atom. The molecule has 33 heavy (non-hydrogen) atoms. The van der Waals surface area contributed by atoms with Crippen molar-refractivity contribution >= 4 is 28.3 Å². The van der Waals surface area contributed by atoms with E-state index in [1.165, 1.54) is 5.70 Å². The van der Waals surface area contributed by atoms with Gasteiger partial charge >= 0.3 is 0 Å². The van der Waals surface area contributed by atoms with Gasteiger partial charge < -0.3 is 14.6 Å². The largest absolute Gasteiger partial charge is 0.441 e. The van der Waals surface area contributed by atoms with Crippen LogP contribution >= 0.6 is 0 Å². The van der Waals surface area contributed by atoms with Crippen LogP contribution in [0.5, 0.6) is 0 Å². The van der Waals surface area contributed by atoms with Crippen molar-refractivity contribution in [3.8, 4) is 0 Å². The number of carbonyl (C=O) groups excluding carboxylic acids is 1. The van der Waals surface area contributed by atoms with Crippen molar-refractivity contribution in [1.29, 1.82) is 0 Å². The fraction of sp³-hybridized carbons (Fsp3) is 0.444. The van der Waals surface area contributed by atoms with Crippen molar-refractivity contribution in [3.63, 3.8) is 0 Å². The number of piperazine rings is 1. The Kier molecular flexibility index (Phi) is 8.39. The van der Waals surface area contributed by atoms with Crippen molar-refractivity contribution in [2.45, 2.75) is 54.0 Å². The molecule has 1 aliphatic rings. The topological polar surface area (TPSA) is 70.7 Å². The Bertz CT molecular complexity index is 1110. The average molecular weight is 449 g/mol. The van der Waals surface area contributed by atoms with E-state index in [0.29, 0.717) is 17.6 Å². The number of ketones is 1. The van der Waals surface area contributed by atoms with Gasteiger partial charge in [0.15, 0.2) is 17.3 Å². The molecule has 1 N–H and O–H groups in total. The van der Waals surface area contributed by atoms with Crippen molar-refractivity contribution in [2.75, 3.05) is 19.6 Å². The summed E-state index contributed by atoms with van der Waals surface area (Å²) in [4.78, 5) is 23.9. The standard InChI is InChI=1S/C27H36N4O2/c1-7-18(3)24(11-10-23(8-2)31-14-13-28-19(4)17-31)30-25(15-20(5)32)22-9-12-27-26(16-22)29-21(6)33-27/h8-12,15-16,18-19,28H,7,13-14,17H2,1-6H3/b11-10-,23-8+,25-15-,30-24+/t18?,19-/m0/s1. The van der Waals surface area contributed by atoms with E-state index in [0.717, 1.165) is 48.4 Å². The van der Waals surface area contributed by atoms with Crippen LogP contribution in [0.3, 0.4) is 0 Å². The first-order valence-corrected chi connectivity index (χ1v) is 11.8. The summed E-state index contributed by atoms with van der Waals surface area (Å²) in [6, 6.07) is 6.21. The van der Waals surface area contributed by atoms with Gasteiger partial charge in [-0.05, 0) is 63.5 Å². The lowest BCUT2D eigenvalue weighted by molar-refractivity contribution is -0.112. The lowest BCUT2D eigenvalue weighted by Gasteiger charge is -2.34. The summed E-state index contributed by atoms with van der Waals surface area (Å²) < 4.78 is 5.60. The molecule has 1 fully saturated rings. The number of carbonyl (C=O) groups is 1. The van der Waals surface area contributed by atoms with Crippen LogP contribution in [0.25, 0.3) is 16.8 Å². The maximum absolute atomic E-state index is 12.0. The molecule has 3 rings (SSSR count). The van der Waals surface area contributed by atoms with E-state index < -0.39 is 0 Å². The monoisotopic (exact) mass is 448 g/mol. The second-order valence-electron chi connectivity index (χ2n) is 8.75. The highest BCUT2D eigenvalue weighted by atomic mass is 16.3. The van der Waals surface area contributed by atoms with Gasteiger partial charge in [-0.15, -0.1) is 0 Å². The number of fused-ring (bicyclic) bond motifs is 1. The van der Waals surface area contributed by atoms with Crippen molar-refractivity contribution in [2.24, 2.45) is 10.9 Å². The molecule has 176 valence electrons. The van der Waals surface area contributed by atoms with Gasteiger partial charge in [0, 0.05) is 55.6 Å². The first-order valence-electron chi connectivity index (χ1n) is 11.8. The Morgan fingerprint density at radius 3 is 2.85 bits per heavy atom. The number of aryl methyl sites for hydroxylation is 1. The first-order chi connectivity index (χ1) is 15.8. The summed E-state index contributed by atoms with van der Waals surface area (Å²) >= 11 is 0. The number of aliphatic imine (C=N–C) groups is 1. The maximum atomic E-state index is 12.0. The fourth-order valence-electron chi connectivity index (χ4n) is 3.96. The van der Waals surface area contributed by atoms with Crippen LogP contribution in [0, 0.1) is 12.8 Å². The maximum Gasteiger partial charge on any atom is 0.192 e. The van der Waals surface area contributed by atoms with Gasteiger partial charge in [0.1, 0.15) is 5.52 Å². The zero-order valence-corrected chi connectivity index (χ0v) is 20.7. The molecule has 0 spiro atoms. The molecule has 0 aliphatic carbocycles. The number of aromatic nitrogens is 1. The van der Waals surface area contributed by atoms with Gasteiger partial charge in [-0.2, -0.15) is 0 Å². The molecule has 0 bridgehead atoms. The van der Waals surface area contributed by atoms with Gasteiger partial charge in [0.05, 0.1) is 5.70 Å². The van der Waals surface area contributed by atoms with Crippen LogP contribution in [-0.4, -0.2) is 47.1 Å². The smallest absolute Gasteiger partial charge is 0.192 e. The summed E-state index contributed by atoms with van der Waals surface area (Å²) in [5.41, 5.74) is 5.12. The normalized spacial score (nSPS) is 19.5. The molecule has 2 aromatic rings. The van der Waals surface area contributed by atoms with E-state index in [1.54, 1.807) is 13.0 Å². The molecule has 1 aromatic carbocycles. The average Bonchev–Trinajstić information content (AvgIpc) is 3.16. The first kappa shape index (κ1) is 24.6. The Hall–Kier alpha value is -2.99. The number of nitrogens with one attached hydrogen (secondary N) is 1. The van der Waals surface area contributed by atoms with E-state index in [4.69, 9.17) is 9.41 Å². The predicted molar refractivity (Wildman–Crippen MR) is 136 cm³/mol. The van der Waals surface area contributed by atoms with Crippen molar-refractivity contribution < 1.29 is 9.21 Å². The van der Waals surface area contributed by atoms with Crippen LogP contribution in [-0.2, 0) is 4.79 Å². The molecule has 0 saturated carbocycles. The third-order valence-electron chi connectivity index (χ3n) is 5.95. The minimum atomic E-state index is -0.0402. The molecular weight excluding hydrogens is 412 g/mol. The van der Waals surface area contributed by atoms with Gasteiger partial charge in [0.25, 0.3) is 0 Å². The molecule has 1 aliphatic heterocycles. The van der Waals surface area contributed by atoms with E-state index in [-0.39, 0.29) is 11.7 Å². The molecular formula is C27H36N4O2. The van der Waals surface area contributed by atoms with Crippen LogP contribution < -0.4 is 5.32 Å². The van der Waals surface area contributed by atoms with Crippen molar-refractivity contribution in [1.82, 2.24) is 15.2 Å². The number of oxazole rings is 1. The third-order valence-corrected chi connectivity index (χ3v) is 5.95. The molecule has 6 heteroatoms. The van der Waals surface area contributed by atoms with Crippen LogP contribution in [0.1, 0.15) is 52.5 Å². The molecule has 2 atom stereocenters. The molecule has 2 heterocycles. The lowest BCUT2D eigenvalue weighted by Crippen LogP contribution is -2.48. The van der Waals surface area contributed by atoms with Gasteiger partial charge in [-0.25, -0.2) is 4.98 Å². The number of rotatable bonds is 8. The Morgan fingerprint density at radius 1 is 1.39 bits per heavy atom. The fourth-order valence-corrected chi connectivity index (χ4v) is 3.96. The quantitative estimate of drug-likeness (QED) is 0.337. The SMILES string of the molecule is C\C=C(/C=C\C(=N/C(=C\C(C)=O)c1ccc2oc(C)nc2c1)C(C)CC)N1CCN[C@@H](C)C1. The van der Waals surface area contributed by atoms with E-state index >= 15 is 0 Å². The van der Waals surface area contributed by atoms with Crippen LogP contribution in [0.2, 0.25) is 0 Å². The van der Waals surface area contributed by atoms with E-state index in [9.17, 15) is 4.79 Å². The minimum absolute atomic E-state index is 0.0402. The predicted octanol–water partition coefficient (Wildman–Crippen LogP) is 5.31. The summed E-state index contributed by atoms with van der Waals surface area (Å²) in [5.74, 6) is 0.823. The molecule has 6 nitrogen and oxygen atoms in total. The van der Waals surface area contributed by atoms with Crippen molar-refractivity contribution in [3.05, 3.63) is 59.7 Å². The van der Waals surface area contributed by atoms with Crippen LogP contribution in [0.4, 0.5) is 0 Å². The highest BCUT2D eigenvalue weighted by molar-refractivity contribution is 6.03. The number of benzene rings is 1. The number of nitrogens with zero attached hydrogens (tertiary/aromatic N) is 3. The zero-order chi connectivity index (χ0) is 24.0. The summed E-state index contributed by atoms with van der Waals surface area (Å²) in [6.45, 7) is 14.9. The number of allylic oxidation sites excluding steroid dienone is 4. The van der Waals surface area contributed by atoms with E-state index in [2.05, 4.69) is 61.1 Å². The number of hydrogen-bond donors (Lipinski definition) is 1. The summed E-state index contributed by atoms with van der Waals surface area (Å²) in [5, 5.41) is 3.49. The molecule has 1 saturated heterocycles. The van der Waals surface area contributed by atoms with Crippen LogP contribution in [0.15, 0.2) is 57.6 Å². The van der Waals surface area contributed by atoms with Gasteiger partial charge in [-0.1, -0.05) is 19.9 Å². The van der Waals surface area contributed by atoms with Gasteiger partial charge in [-0.3, -0.25) is 9.79 Å². The second kappa shape index (κ2) is 11.2. The third kappa shape index (κ3) is 6.51. The minimum Gasteiger partial charge on any atom is -0.441 e. The molecule has 1 aromatic heterocycles. The molecule has 1 unspecified atom stereocenters. The number of hydrogen-bond acceptors (Lipinski definition) is 6. The molecule has 0 amide bonds.